The average molecular weight is 318 g/mol. The Morgan fingerprint density at radius 1 is 1.43 bits per heavy atom. The predicted octanol–water partition coefficient (Wildman–Crippen LogP) is 0.382. The molecular weight excluding hydrogens is 296 g/mol. The van der Waals surface area contributed by atoms with E-state index in [-0.39, 0.29) is 23.7 Å². The SMILES string of the molecule is CCOC(=O)c1cn[nH]c1S(=O)(=O)NC(CC)(CC)CN. The second-order valence-corrected chi connectivity index (χ2v) is 6.25. The lowest BCUT2D eigenvalue weighted by Crippen LogP contribution is -2.52. The third-order valence-electron chi connectivity index (χ3n) is 3.46. The number of nitrogens with zero attached hydrogens (tertiary/aromatic N) is 1. The van der Waals surface area contributed by atoms with Crippen molar-refractivity contribution >= 4 is 16.0 Å². The molecule has 1 aromatic heterocycles. The molecule has 0 aliphatic heterocycles. The number of hydrogen-bond donors (Lipinski definition) is 3. The first kappa shape index (κ1) is 17.6. The summed E-state index contributed by atoms with van der Waals surface area (Å²) in [6, 6.07) is 0. The first-order valence-corrected chi connectivity index (χ1v) is 8.28. The molecule has 0 aliphatic rings. The summed E-state index contributed by atoms with van der Waals surface area (Å²) in [5, 5.41) is 5.66. The van der Waals surface area contributed by atoms with Crippen LogP contribution in [0.4, 0.5) is 0 Å². The highest BCUT2D eigenvalue weighted by Gasteiger charge is 2.34. The second kappa shape index (κ2) is 7.01. The fourth-order valence-corrected chi connectivity index (χ4v) is 3.54. The Bertz CT molecular complexity index is 570. The second-order valence-electron chi connectivity index (χ2n) is 4.63. The van der Waals surface area contributed by atoms with Gasteiger partial charge < -0.3 is 10.5 Å². The van der Waals surface area contributed by atoms with Crippen LogP contribution < -0.4 is 10.5 Å². The van der Waals surface area contributed by atoms with Gasteiger partial charge in [-0.3, -0.25) is 5.10 Å². The molecule has 21 heavy (non-hydrogen) atoms. The molecule has 0 unspecified atom stereocenters. The van der Waals surface area contributed by atoms with Crippen LogP contribution in [0, 0.1) is 0 Å². The number of aromatic nitrogens is 2. The summed E-state index contributed by atoms with van der Waals surface area (Å²) >= 11 is 0. The van der Waals surface area contributed by atoms with E-state index in [1.165, 1.54) is 0 Å². The molecule has 1 rings (SSSR count). The normalized spacial score (nSPS) is 12.4. The highest BCUT2D eigenvalue weighted by atomic mass is 32.2. The van der Waals surface area contributed by atoms with Gasteiger partial charge in [-0.25, -0.2) is 17.9 Å². The molecule has 8 nitrogen and oxygen atoms in total. The number of hydrogen-bond acceptors (Lipinski definition) is 6. The first-order valence-electron chi connectivity index (χ1n) is 6.80. The van der Waals surface area contributed by atoms with Crippen LogP contribution in [0.15, 0.2) is 11.2 Å². The topological polar surface area (TPSA) is 127 Å². The molecule has 4 N–H and O–H groups in total. The van der Waals surface area contributed by atoms with Crippen LogP contribution in [0.1, 0.15) is 44.0 Å². The molecule has 0 atom stereocenters. The quantitative estimate of drug-likeness (QED) is 0.595. The van der Waals surface area contributed by atoms with Crippen molar-refractivity contribution in [2.24, 2.45) is 5.73 Å². The van der Waals surface area contributed by atoms with E-state index in [1.54, 1.807) is 6.92 Å². The Kier molecular flexibility index (Phi) is 5.87. The van der Waals surface area contributed by atoms with Gasteiger partial charge in [-0.2, -0.15) is 5.10 Å². The number of nitrogens with two attached hydrogens (primary N) is 1. The van der Waals surface area contributed by atoms with E-state index in [0.29, 0.717) is 12.8 Å². The van der Waals surface area contributed by atoms with Crippen LogP contribution in [0.5, 0.6) is 0 Å². The Labute approximate surface area is 124 Å². The number of nitrogens with one attached hydrogen (secondary N) is 2. The van der Waals surface area contributed by atoms with Crippen LogP contribution in [-0.4, -0.2) is 43.3 Å². The zero-order valence-electron chi connectivity index (χ0n) is 12.5. The number of aromatic amines is 1. The van der Waals surface area contributed by atoms with Crippen molar-refractivity contribution in [1.82, 2.24) is 14.9 Å². The average Bonchev–Trinajstić information content (AvgIpc) is 2.95. The maximum absolute atomic E-state index is 12.5. The van der Waals surface area contributed by atoms with Gasteiger partial charge in [0.05, 0.1) is 12.8 Å². The number of H-pyrrole nitrogens is 1. The van der Waals surface area contributed by atoms with Crippen LogP contribution in [0.2, 0.25) is 0 Å². The minimum Gasteiger partial charge on any atom is -0.462 e. The Hall–Kier alpha value is -1.45. The van der Waals surface area contributed by atoms with Crippen molar-refractivity contribution in [3.05, 3.63) is 11.8 Å². The fraction of sp³-hybridized carbons (Fsp3) is 0.667. The molecule has 0 saturated carbocycles. The maximum Gasteiger partial charge on any atom is 0.342 e. The number of carbonyl (C=O) groups excluding carboxylic acids is 1. The summed E-state index contributed by atoms with van der Waals surface area (Å²) in [6.45, 7) is 5.63. The van der Waals surface area contributed by atoms with E-state index < -0.39 is 21.5 Å². The summed E-state index contributed by atoms with van der Waals surface area (Å²) < 4.78 is 32.3. The standard InChI is InChI=1S/C12H22N4O4S/c1-4-12(5-2,8-13)16-21(18,19)10-9(7-14-15-10)11(17)20-6-3/h7,16H,4-6,8,13H2,1-3H3,(H,14,15). The molecule has 0 fully saturated rings. The monoisotopic (exact) mass is 318 g/mol. The van der Waals surface area contributed by atoms with Crippen molar-refractivity contribution in [1.29, 1.82) is 0 Å². The largest absolute Gasteiger partial charge is 0.462 e. The highest BCUT2D eigenvalue weighted by molar-refractivity contribution is 7.89. The van der Waals surface area contributed by atoms with Gasteiger partial charge in [0.25, 0.3) is 10.0 Å². The molecule has 0 amide bonds. The molecule has 0 aliphatic carbocycles. The molecule has 1 aromatic rings. The van der Waals surface area contributed by atoms with Gasteiger partial charge in [-0.1, -0.05) is 13.8 Å². The minimum atomic E-state index is -3.95. The van der Waals surface area contributed by atoms with Crippen molar-refractivity contribution in [2.75, 3.05) is 13.2 Å². The van der Waals surface area contributed by atoms with Crippen LogP contribution in [-0.2, 0) is 14.8 Å². The summed E-state index contributed by atoms with van der Waals surface area (Å²) in [5.41, 5.74) is 4.81. The summed E-state index contributed by atoms with van der Waals surface area (Å²) in [4.78, 5) is 11.7. The first-order chi connectivity index (χ1) is 9.85. The predicted molar refractivity (Wildman–Crippen MR) is 77.2 cm³/mol. The van der Waals surface area contributed by atoms with Gasteiger partial charge in [0.2, 0.25) is 0 Å². The molecular formula is C12H22N4O4S. The lowest BCUT2D eigenvalue weighted by Gasteiger charge is -2.30. The van der Waals surface area contributed by atoms with Crippen molar-refractivity contribution in [3.63, 3.8) is 0 Å². The molecule has 0 radical (unpaired) electrons. The van der Waals surface area contributed by atoms with Gasteiger partial charge in [-0.05, 0) is 19.8 Å². The molecule has 120 valence electrons. The molecule has 0 spiro atoms. The Morgan fingerprint density at radius 3 is 2.52 bits per heavy atom. The minimum absolute atomic E-state index is 0.123. The van der Waals surface area contributed by atoms with Crippen LogP contribution in [0.3, 0.4) is 0 Å². The fourth-order valence-electron chi connectivity index (χ4n) is 1.89. The Balaban J connectivity index is 3.15. The third kappa shape index (κ3) is 3.80. The van der Waals surface area contributed by atoms with E-state index in [1.807, 2.05) is 13.8 Å². The molecule has 9 heteroatoms. The summed E-state index contributed by atoms with van der Waals surface area (Å²) in [7, 11) is -3.95. The van der Waals surface area contributed by atoms with E-state index in [4.69, 9.17) is 10.5 Å². The molecule has 0 bridgehead atoms. The smallest absolute Gasteiger partial charge is 0.342 e. The lowest BCUT2D eigenvalue weighted by molar-refractivity contribution is 0.0521. The molecule has 0 aromatic carbocycles. The third-order valence-corrected chi connectivity index (χ3v) is 5.01. The number of carbonyl (C=O) groups is 1. The summed E-state index contributed by atoms with van der Waals surface area (Å²) in [5.74, 6) is -0.738. The van der Waals surface area contributed by atoms with Gasteiger partial charge in [0.1, 0.15) is 5.56 Å². The van der Waals surface area contributed by atoms with Gasteiger partial charge in [0, 0.05) is 12.1 Å². The maximum atomic E-state index is 12.5. The van der Waals surface area contributed by atoms with E-state index in [2.05, 4.69) is 14.9 Å². The van der Waals surface area contributed by atoms with Gasteiger partial charge >= 0.3 is 5.97 Å². The van der Waals surface area contributed by atoms with E-state index >= 15 is 0 Å². The molecule has 1 heterocycles. The van der Waals surface area contributed by atoms with Gasteiger partial charge in [-0.15, -0.1) is 0 Å². The zero-order chi connectivity index (χ0) is 16.1. The molecule has 0 saturated heterocycles. The van der Waals surface area contributed by atoms with Gasteiger partial charge in [0.15, 0.2) is 5.03 Å². The highest BCUT2D eigenvalue weighted by Crippen LogP contribution is 2.20. The van der Waals surface area contributed by atoms with E-state index in [9.17, 15) is 13.2 Å². The number of ether oxygens (including phenoxy) is 1. The number of esters is 1. The zero-order valence-corrected chi connectivity index (χ0v) is 13.3. The van der Waals surface area contributed by atoms with Crippen molar-refractivity contribution < 1.29 is 17.9 Å². The lowest BCUT2D eigenvalue weighted by atomic mass is 9.95. The Morgan fingerprint density at radius 2 is 2.05 bits per heavy atom. The van der Waals surface area contributed by atoms with E-state index in [0.717, 1.165) is 6.20 Å². The van der Waals surface area contributed by atoms with Crippen LogP contribution >= 0.6 is 0 Å². The summed E-state index contributed by atoms with van der Waals surface area (Å²) in [6.07, 6.45) is 2.19. The van der Waals surface area contributed by atoms with Crippen molar-refractivity contribution in [3.8, 4) is 0 Å². The number of rotatable bonds is 8. The van der Waals surface area contributed by atoms with Crippen molar-refractivity contribution in [2.45, 2.75) is 44.2 Å². The number of sulfonamides is 1. The van der Waals surface area contributed by atoms with Crippen LogP contribution in [0.25, 0.3) is 0 Å².